The summed E-state index contributed by atoms with van der Waals surface area (Å²) in [6.07, 6.45) is 0. The van der Waals surface area contributed by atoms with E-state index in [1.807, 2.05) is 0 Å². The molecule has 0 saturated carbocycles. The largest absolute Gasteiger partial charge is 0.511 e. The topological polar surface area (TPSA) is 46.2 Å². The van der Waals surface area contributed by atoms with Crippen LogP contribution in [-0.4, -0.2) is 13.9 Å². The van der Waals surface area contributed by atoms with Crippen molar-refractivity contribution in [3.63, 3.8) is 0 Å². The van der Waals surface area contributed by atoms with Crippen LogP contribution in [0.4, 0.5) is 17.6 Å². The fraction of sp³-hybridized carbons (Fsp3) is 0.250. The van der Waals surface area contributed by atoms with E-state index < -0.39 is 27.9 Å². The van der Waals surface area contributed by atoms with Gasteiger partial charge in [0, 0.05) is 6.54 Å². The smallest absolute Gasteiger partial charge is 0.207 e. The Morgan fingerprint density at radius 2 is 1.62 bits per heavy atom. The zero-order chi connectivity index (χ0) is 12.4. The Bertz CT molecular complexity index is 452. The van der Waals surface area contributed by atoms with Crippen LogP contribution in [0.1, 0.15) is 5.56 Å². The van der Waals surface area contributed by atoms with Crippen LogP contribution in [-0.2, 0) is 16.6 Å². The molecule has 0 heterocycles. The number of hydrogen-bond donors (Lipinski definition) is 1. The standard InChI is InChI=1S/C8H7F4NO2S/c9-7-3-1-6(2-4-7)5-13-16(14,15)8(10,11)12/h1-4,13H,5H2. The van der Waals surface area contributed by atoms with Gasteiger partial charge in [0.25, 0.3) is 0 Å². The molecule has 0 bridgehead atoms. The first-order valence-electron chi connectivity index (χ1n) is 4.03. The Labute approximate surface area is 89.1 Å². The average Bonchev–Trinajstić information content (AvgIpc) is 2.15. The minimum Gasteiger partial charge on any atom is -0.207 e. The van der Waals surface area contributed by atoms with E-state index >= 15 is 0 Å². The molecule has 1 aromatic rings. The molecule has 0 atom stereocenters. The van der Waals surface area contributed by atoms with Crippen molar-refractivity contribution in [2.75, 3.05) is 0 Å². The van der Waals surface area contributed by atoms with Crippen molar-refractivity contribution in [2.45, 2.75) is 12.1 Å². The van der Waals surface area contributed by atoms with Crippen molar-refractivity contribution < 1.29 is 26.0 Å². The van der Waals surface area contributed by atoms with Gasteiger partial charge in [0.15, 0.2) is 0 Å². The molecule has 1 aromatic carbocycles. The van der Waals surface area contributed by atoms with Gasteiger partial charge in [0.05, 0.1) is 0 Å². The molecule has 0 aliphatic heterocycles. The van der Waals surface area contributed by atoms with Gasteiger partial charge < -0.3 is 0 Å². The fourth-order valence-electron chi connectivity index (χ4n) is 0.862. The van der Waals surface area contributed by atoms with Crippen LogP contribution in [0.15, 0.2) is 24.3 Å². The third kappa shape index (κ3) is 3.17. The quantitative estimate of drug-likeness (QED) is 0.839. The highest BCUT2D eigenvalue weighted by Gasteiger charge is 2.45. The molecule has 3 nitrogen and oxygen atoms in total. The Hall–Kier alpha value is -1.15. The van der Waals surface area contributed by atoms with E-state index in [1.54, 1.807) is 0 Å². The summed E-state index contributed by atoms with van der Waals surface area (Å²) in [7, 11) is -5.35. The predicted octanol–water partition coefficient (Wildman–Crippen LogP) is 1.76. The van der Waals surface area contributed by atoms with Crippen molar-refractivity contribution >= 4 is 10.0 Å². The normalized spacial score (nSPS) is 12.8. The third-order valence-electron chi connectivity index (χ3n) is 1.68. The van der Waals surface area contributed by atoms with Crippen molar-refractivity contribution in [3.8, 4) is 0 Å². The van der Waals surface area contributed by atoms with Gasteiger partial charge in [-0.05, 0) is 17.7 Å². The number of rotatable bonds is 3. The summed E-state index contributed by atoms with van der Waals surface area (Å²) in [6.45, 7) is -0.540. The second-order valence-electron chi connectivity index (χ2n) is 2.90. The Morgan fingerprint density at radius 1 is 1.12 bits per heavy atom. The molecule has 0 aliphatic carbocycles. The lowest BCUT2D eigenvalue weighted by molar-refractivity contribution is -0.0448. The first kappa shape index (κ1) is 12.9. The molecule has 0 unspecified atom stereocenters. The second-order valence-corrected chi connectivity index (χ2v) is 4.66. The van der Waals surface area contributed by atoms with E-state index in [-0.39, 0.29) is 5.56 Å². The van der Waals surface area contributed by atoms with Gasteiger partial charge in [-0.25, -0.2) is 17.5 Å². The molecule has 0 aliphatic rings. The molecule has 16 heavy (non-hydrogen) atoms. The molecule has 1 N–H and O–H groups in total. The minimum absolute atomic E-state index is 0.231. The van der Waals surface area contributed by atoms with Crippen LogP contribution in [0.25, 0.3) is 0 Å². The number of halogens is 4. The van der Waals surface area contributed by atoms with E-state index in [9.17, 15) is 26.0 Å². The Balaban J connectivity index is 2.69. The average molecular weight is 257 g/mol. The van der Waals surface area contributed by atoms with Crippen molar-refractivity contribution in [3.05, 3.63) is 35.6 Å². The van der Waals surface area contributed by atoms with E-state index in [0.29, 0.717) is 0 Å². The molecule has 1 rings (SSSR count). The Morgan fingerprint density at radius 3 is 2.06 bits per heavy atom. The number of hydrogen-bond acceptors (Lipinski definition) is 2. The molecule has 0 saturated heterocycles. The van der Waals surface area contributed by atoms with E-state index in [1.165, 1.54) is 16.9 Å². The van der Waals surface area contributed by atoms with Gasteiger partial charge in [-0.2, -0.15) is 13.2 Å². The molecule has 0 spiro atoms. The molecular formula is C8H7F4NO2S. The Kier molecular flexibility index (Phi) is 3.54. The van der Waals surface area contributed by atoms with E-state index in [2.05, 4.69) is 0 Å². The first-order valence-corrected chi connectivity index (χ1v) is 5.51. The van der Waals surface area contributed by atoms with Crippen LogP contribution in [0, 0.1) is 5.82 Å². The lowest BCUT2D eigenvalue weighted by Crippen LogP contribution is -2.35. The third-order valence-corrected chi connectivity index (χ3v) is 2.82. The molecule has 0 radical (unpaired) electrons. The number of sulfonamides is 1. The lowest BCUT2D eigenvalue weighted by Gasteiger charge is -2.09. The van der Waals surface area contributed by atoms with Crippen LogP contribution < -0.4 is 4.72 Å². The van der Waals surface area contributed by atoms with Crippen LogP contribution in [0.2, 0.25) is 0 Å². The summed E-state index contributed by atoms with van der Waals surface area (Å²) < 4.78 is 70.6. The summed E-state index contributed by atoms with van der Waals surface area (Å²) in [5.74, 6) is -0.553. The van der Waals surface area contributed by atoms with E-state index in [0.717, 1.165) is 12.1 Å². The lowest BCUT2D eigenvalue weighted by atomic mass is 10.2. The van der Waals surface area contributed by atoms with Gasteiger partial charge in [-0.15, -0.1) is 0 Å². The van der Waals surface area contributed by atoms with Crippen molar-refractivity contribution in [1.29, 1.82) is 0 Å². The molecule has 0 fully saturated rings. The first-order chi connectivity index (χ1) is 7.22. The maximum atomic E-state index is 12.4. The van der Waals surface area contributed by atoms with E-state index in [4.69, 9.17) is 0 Å². The highest BCUT2D eigenvalue weighted by molar-refractivity contribution is 7.90. The molecule has 90 valence electrons. The summed E-state index contributed by atoms with van der Waals surface area (Å²) in [5, 5.41) is 0. The maximum absolute atomic E-state index is 12.4. The minimum atomic E-state index is -5.35. The summed E-state index contributed by atoms with van der Waals surface area (Å²) in [6, 6.07) is 4.43. The SMILES string of the molecule is O=S(=O)(NCc1ccc(F)cc1)C(F)(F)F. The van der Waals surface area contributed by atoms with Crippen LogP contribution in [0.3, 0.4) is 0 Å². The van der Waals surface area contributed by atoms with Crippen LogP contribution >= 0.6 is 0 Å². The highest BCUT2D eigenvalue weighted by Crippen LogP contribution is 2.21. The molecule has 0 amide bonds. The van der Waals surface area contributed by atoms with Crippen molar-refractivity contribution in [1.82, 2.24) is 4.72 Å². The molecule has 0 aromatic heterocycles. The predicted molar refractivity (Wildman–Crippen MR) is 48.2 cm³/mol. The maximum Gasteiger partial charge on any atom is 0.511 e. The fourth-order valence-corrected chi connectivity index (χ4v) is 1.38. The zero-order valence-corrected chi connectivity index (χ0v) is 8.57. The van der Waals surface area contributed by atoms with Gasteiger partial charge >= 0.3 is 15.5 Å². The van der Waals surface area contributed by atoms with Gasteiger partial charge in [0.1, 0.15) is 5.82 Å². The summed E-state index contributed by atoms with van der Waals surface area (Å²) in [4.78, 5) is 0. The molecule has 8 heteroatoms. The van der Waals surface area contributed by atoms with Gasteiger partial charge in [-0.1, -0.05) is 12.1 Å². The number of benzene rings is 1. The van der Waals surface area contributed by atoms with Crippen LogP contribution in [0.5, 0.6) is 0 Å². The monoisotopic (exact) mass is 257 g/mol. The number of nitrogens with one attached hydrogen (secondary N) is 1. The summed E-state index contributed by atoms with van der Waals surface area (Å²) >= 11 is 0. The summed E-state index contributed by atoms with van der Waals surface area (Å²) in [5.41, 5.74) is -5.11. The van der Waals surface area contributed by atoms with Gasteiger partial charge in [0.2, 0.25) is 0 Å². The van der Waals surface area contributed by atoms with Crippen molar-refractivity contribution in [2.24, 2.45) is 0 Å². The molecular weight excluding hydrogens is 250 g/mol. The number of alkyl halides is 3. The second kappa shape index (κ2) is 4.38. The highest BCUT2D eigenvalue weighted by atomic mass is 32.2. The van der Waals surface area contributed by atoms with Gasteiger partial charge in [-0.3, -0.25) is 0 Å². The zero-order valence-electron chi connectivity index (χ0n) is 7.75.